The maximum atomic E-state index is 9.81. The summed E-state index contributed by atoms with van der Waals surface area (Å²) < 4.78 is 116. The van der Waals surface area contributed by atoms with Crippen LogP contribution in [0, 0.1) is 0 Å². The Bertz CT molecular complexity index is 3880. The zero-order chi connectivity index (χ0) is 52.1. The number of rotatable bonds is 8. The van der Waals surface area contributed by atoms with Crippen LogP contribution in [-0.4, -0.2) is 0 Å². The second kappa shape index (κ2) is 15.4. The van der Waals surface area contributed by atoms with Gasteiger partial charge in [-0.2, -0.15) is 0 Å². The lowest BCUT2D eigenvalue weighted by Crippen LogP contribution is -2.16. The van der Waals surface area contributed by atoms with Gasteiger partial charge in [-0.15, -0.1) is 0 Å². The Balaban J connectivity index is 1.14. The van der Waals surface area contributed by atoms with E-state index < -0.39 is 95.0 Å². The quantitative estimate of drug-likeness (QED) is 0.148. The van der Waals surface area contributed by atoms with Crippen molar-refractivity contribution in [3.8, 4) is 66.8 Å². The number of hydrogen-bond donors (Lipinski definition) is 0. The first-order chi connectivity index (χ1) is 35.5. The first-order valence-electron chi connectivity index (χ1n) is 26.6. The maximum absolute atomic E-state index is 9.81. The van der Waals surface area contributed by atoms with Crippen LogP contribution in [0.1, 0.15) is 41.4 Å². The van der Waals surface area contributed by atoms with Crippen molar-refractivity contribution in [2.75, 3.05) is 4.90 Å². The fourth-order valence-electron chi connectivity index (χ4n) is 8.75. The van der Waals surface area contributed by atoms with Gasteiger partial charge in [0.1, 0.15) is 0 Å². The summed E-state index contributed by atoms with van der Waals surface area (Å²) >= 11 is 0. The maximum Gasteiger partial charge on any atom is 0.0645 e. The van der Waals surface area contributed by atoms with E-state index >= 15 is 0 Å². The van der Waals surface area contributed by atoms with Crippen molar-refractivity contribution in [3.63, 3.8) is 0 Å². The van der Waals surface area contributed by atoms with Crippen LogP contribution in [0.4, 0.5) is 17.1 Å². The third kappa shape index (κ3) is 6.69. The van der Waals surface area contributed by atoms with E-state index in [1.807, 2.05) is 141 Å². The minimum Gasteiger partial charge on any atom is -0.311 e. The first kappa shape index (κ1) is 26.5. The van der Waals surface area contributed by atoms with Crippen molar-refractivity contribution in [3.05, 3.63) is 247 Å². The van der Waals surface area contributed by atoms with Crippen molar-refractivity contribution < 1.29 is 16.4 Å². The van der Waals surface area contributed by atoms with Crippen LogP contribution < -0.4 is 4.90 Å². The molecule has 0 unspecified atom stereocenters. The molecular formula is C61H45N. The summed E-state index contributed by atoms with van der Waals surface area (Å²) in [6.45, 7) is 4.09. The number of hydrogen-bond acceptors (Lipinski definition) is 1. The molecule has 1 aliphatic rings. The molecule has 0 saturated heterocycles. The van der Waals surface area contributed by atoms with E-state index in [2.05, 4.69) is 0 Å². The molecule has 62 heavy (non-hydrogen) atoms. The van der Waals surface area contributed by atoms with Crippen molar-refractivity contribution in [2.45, 2.75) is 19.3 Å². The Morgan fingerprint density at radius 2 is 0.758 bits per heavy atom. The number of fused-ring (bicyclic) bond motifs is 4. The van der Waals surface area contributed by atoms with E-state index in [4.69, 9.17) is 0 Å². The van der Waals surface area contributed by atoms with Gasteiger partial charge in [0.15, 0.2) is 0 Å². The third-order valence-electron chi connectivity index (χ3n) is 11.9. The average Bonchev–Trinajstić information content (AvgIpc) is 3.67. The molecule has 294 valence electrons. The highest BCUT2D eigenvalue weighted by atomic mass is 15.1. The molecule has 1 nitrogen and oxygen atoms in total. The Morgan fingerprint density at radius 1 is 0.323 bits per heavy atom. The molecule has 0 fully saturated rings. The molecule has 0 aliphatic heterocycles. The van der Waals surface area contributed by atoms with Gasteiger partial charge in [0, 0.05) is 22.5 Å². The van der Waals surface area contributed by atoms with Crippen LogP contribution in [-0.2, 0) is 5.41 Å². The van der Waals surface area contributed by atoms with E-state index in [9.17, 15) is 16.4 Å². The summed E-state index contributed by atoms with van der Waals surface area (Å²) in [4.78, 5) is 0.874. The lowest BCUT2D eigenvalue weighted by atomic mass is 9.79. The molecule has 0 heterocycles. The largest absolute Gasteiger partial charge is 0.311 e. The molecule has 0 saturated carbocycles. The van der Waals surface area contributed by atoms with Crippen molar-refractivity contribution in [2.24, 2.45) is 0 Å². The minimum atomic E-state index is -0.670. The predicted molar refractivity (Wildman–Crippen MR) is 263 cm³/mol. The van der Waals surface area contributed by atoms with Crippen LogP contribution in [0.5, 0.6) is 0 Å². The van der Waals surface area contributed by atoms with Gasteiger partial charge in [-0.25, -0.2) is 0 Å². The van der Waals surface area contributed by atoms with Gasteiger partial charge in [-0.3, -0.25) is 0 Å². The van der Waals surface area contributed by atoms with E-state index in [-0.39, 0.29) is 16.7 Å². The summed E-state index contributed by atoms with van der Waals surface area (Å²) in [6.07, 6.45) is 0. The molecule has 0 atom stereocenters. The predicted octanol–water partition coefficient (Wildman–Crippen LogP) is 17.0. The number of anilines is 3. The zero-order valence-corrected chi connectivity index (χ0v) is 34.0. The Labute approximate surface area is 381 Å². The highest BCUT2D eigenvalue weighted by molar-refractivity contribution is 5.90. The molecule has 11 rings (SSSR count). The van der Waals surface area contributed by atoms with Crippen molar-refractivity contribution in [1.29, 1.82) is 0 Å². The molecule has 0 bridgehead atoms. The number of nitrogens with zero attached hydrogens (tertiary/aromatic N) is 1. The summed E-state index contributed by atoms with van der Waals surface area (Å²) in [7, 11) is 0. The lowest BCUT2D eigenvalue weighted by molar-refractivity contribution is 0.662. The van der Waals surface area contributed by atoms with Crippen LogP contribution in [0.25, 0.3) is 77.5 Å². The van der Waals surface area contributed by atoms with Crippen LogP contribution in [0.3, 0.4) is 0 Å². The molecule has 10 aromatic carbocycles. The lowest BCUT2D eigenvalue weighted by Gasteiger charge is -2.27. The van der Waals surface area contributed by atoms with E-state index in [1.54, 1.807) is 36.4 Å². The van der Waals surface area contributed by atoms with E-state index in [0.717, 1.165) is 60.2 Å². The molecule has 0 radical (unpaired) electrons. The Morgan fingerprint density at radius 3 is 1.44 bits per heavy atom. The topological polar surface area (TPSA) is 3.24 Å². The molecule has 1 heteroatoms. The standard InChI is InChI=1S/C61H45N/c1-61(2)59-21-9-8-18-57(59)58-20-11-19-56(60(58)61)48-32-38-55(39-33-48)62(53-34-28-46(29-35-53)45-24-22-44(23-25-45)42-12-4-3-5-13-42)54-36-30-47(31-37-54)50-16-10-17-51(40-50)52-27-26-43-14-6-7-15-49(43)41-52/h3-41H,1-2H3/i28D,29D,30D,31D,32D,33D,34D,35D,36D,37D,38D,39D. The summed E-state index contributed by atoms with van der Waals surface area (Å²) in [5.74, 6) is 0. The second-order valence-corrected chi connectivity index (χ2v) is 16.0. The van der Waals surface area contributed by atoms with Crippen molar-refractivity contribution in [1.82, 2.24) is 0 Å². The van der Waals surface area contributed by atoms with Gasteiger partial charge >= 0.3 is 0 Å². The van der Waals surface area contributed by atoms with Crippen LogP contribution in [0.15, 0.2) is 236 Å². The fourth-order valence-corrected chi connectivity index (χ4v) is 8.75. The summed E-state index contributed by atoms with van der Waals surface area (Å²) in [6, 6.07) is 44.1. The smallest absolute Gasteiger partial charge is 0.0645 e. The summed E-state index contributed by atoms with van der Waals surface area (Å²) in [5.41, 5.74) is 5.84. The second-order valence-electron chi connectivity index (χ2n) is 16.0. The van der Waals surface area contributed by atoms with Gasteiger partial charge < -0.3 is 4.90 Å². The third-order valence-corrected chi connectivity index (χ3v) is 11.9. The minimum absolute atomic E-state index is 0.0171. The molecule has 0 aromatic heterocycles. The fraction of sp³-hybridized carbons (Fsp3) is 0.0492. The van der Waals surface area contributed by atoms with Gasteiger partial charge in [-0.05, 0) is 137 Å². The van der Waals surface area contributed by atoms with Gasteiger partial charge in [0.25, 0.3) is 0 Å². The van der Waals surface area contributed by atoms with Crippen molar-refractivity contribution >= 4 is 27.8 Å². The Hall–Kier alpha value is -7.74. The molecule has 0 spiro atoms. The highest BCUT2D eigenvalue weighted by Gasteiger charge is 2.37. The molecule has 1 aliphatic carbocycles. The number of benzene rings is 10. The zero-order valence-electron chi connectivity index (χ0n) is 46.0. The van der Waals surface area contributed by atoms with E-state index in [1.165, 1.54) is 0 Å². The van der Waals surface area contributed by atoms with Gasteiger partial charge in [0.2, 0.25) is 0 Å². The molecular weight excluding hydrogens is 747 g/mol. The summed E-state index contributed by atoms with van der Waals surface area (Å²) in [5, 5.41) is 2.06. The van der Waals surface area contributed by atoms with Gasteiger partial charge in [-0.1, -0.05) is 202 Å². The Kier molecular flexibility index (Phi) is 6.56. The molecule has 0 amide bonds. The SMILES string of the molecule is [2H]c1c([2H])c(N(c2c([2H])c([2H])c(-c3cccc(-c4ccc5ccccc5c4)c3)c([2H])c2[2H])c2c([2H])c([2H])c(-c3cccc4c3C(C)(C)c3ccccc3-4)c([2H])c2[2H])c([2H])c([2H])c1-c1ccc(-c2ccccc2)cc1. The highest BCUT2D eigenvalue weighted by Crippen LogP contribution is 2.52. The van der Waals surface area contributed by atoms with E-state index in [0.29, 0.717) is 16.7 Å². The first-order valence-corrected chi connectivity index (χ1v) is 20.6. The van der Waals surface area contributed by atoms with Crippen LogP contribution >= 0.6 is 0 Å². The average molecular weight is 804 g/mol. The van der Waals surface area contributed by atoms with Crippen LogP contribution in [0.2, 0.25) is 0 Å². The normalized spacial score (nSPS) is 15.2. The monoisotopic (exact) mass is 803 g/mol. The molecule has 0 N–H and O–H groups in total. The van der Waals surface area contributed by atoms with Gasteiger partial charge in [0.05, 0.1) is 16.4 Å². The molecule has 10 aromatic rings.